The Labute approximate surface area is 222 Å². The van der Waals surface area contributed by atoms with Gasteiger partial charge in [0.1, 0.15) is 18.1 Å². The topological polar surface area (TPSA) is 188 Å². The third kappa shape index (κ3) is 10.3. The van der Waals surface area contributed by atoms with Crippen molar-refractivity contribution < 1.29 is 33.9 Å². The van der Waals surface area contributed by atoms with Crippen molar-refractivity contribution in [2.24, 2.45) is 11.7 Å². The van der Waals surface area contributed by atoms with Gasteiger partial charge in [0.25, 0.3) is 0 Å². The molecule has 12 nitrogen and oxygen atoms in total. The lowest BCUT2D eigenvalue weighted by molar-refractivity contribution is -0.143. The van der Waals surface area contributed by atoms with Gasteiger partial charge in [0.2, 0.25) is 29.9 Å². The first kappa shape index (κ1) is 32.4. The summed E-state index contributed by atoms with van der Waals surface area (Å²) in [7, 11) is 0. The Kier molecular flexibility index (Phi) is 14.2. The van der Waals surface area contributed by atoms with Crippen LogP contribution in [0.5, 0.6) is 0 Å². The summed E-state index contributed by atoms with van der Waals surface area (Å²) in [6, 6.07) is -4.57. The average molecular weight is 543 g/mol. The maximum Gasteiger partial charge on any atom is 0.303 e. The number of carbonyl (C=O) groups is 5. The van der Waals surface area contributed by atoms with Crippen LogP contribution in [0.2, 0.25) is 0 Å². The van der Waals surface area contributed by atoms with Crippen molar-refractivity contribution in [1.29, 1.82) is 0 Å². The van der Waals surface area contributed by atoms with Crippen molar-refractivity contribution >= 4 is 47.6 Å². The Bertz CT molecular complexity index is 827. The van der Waals surface area contributed by atoms with Crippen LogP contribution in [0, 0.1) is 5.92 Å². The summed E-state index contributed by atoms with van der Waals surface area (Å²) < 4.78 is 0. The van der Waals surface area contributed by atoms with E-state index in [0.29, 0.717) is 38.0 Å². The lowest BCUT2D eigenvalue weighted by Crippen LogP contribution is -2.59. The van der Waals surface area contributed by atoms with Crippen molar-refractivity contribution in [2.45, 2.75) is 89.5 Å². The zero-order chi connectivity index (χ0) is 28.1. The third-order valence-electron chi connectivity index (χ3n) is 6.44. The molecule has 1 aliphatic heterocycles. The number of rotatable bonds is 16. The molecule has 0 spiro atoms. The zero-order valence-corrected chi connectivity index (χ0v) is 22.8. The fourth-order valence-electron chi connectivity index (χ4n) is 3.90. The van der Waals surface area contributed by atoms with E-state index in [1.165, 1.54) is 11.8 Å². The molecule has 1 rings (SSSR count). The molecule has 0 bridgehead atoms. The summed E-state index contributed by atoms with van der Waals surface area (Å²) in [5, 5.41) is 16.6. The van der Waals surface area contributed by atoms with Crippen LogP contribution in [0.1, 0.15) is 59.3 Å². The molecule has 1 saturated heterocycles. The molecule has 209 valence electrons. The van der Waals surface area contributed by atoms with Crippen LogP contribution in [-0.4, -0.2) is 94.7 Å². The van der Waals surface area contributed by atoms with E-state index in [2.05, 4.69) is 16.0 Å². The van der Waals surface area contributed by atoms with Crippen LogP contribution in [0.15, 0.2) is 0 Å². The highest BCUT2D eigenvalue weighted by Gasteiger charge is 2.40. The molecule has 6 atom stereocenters. The van der Waals surface area contributed by atoms with Crippen molar-refractivity contribution in [3.05, 3.63) is 0 Å². The van der Waals surface area contributed by atoms with Gasteiger partial charge in [-0.1, -0.05) is 20.3 Å². The minimum absolute atomic E-state index is 0.0814. The molecule has 0 aromatic carbocycles. The second-order valence-corrected chi connectivity index (χ2v) is 10.3. The number of carboxylic acid groups (broad SMARTS) is 1. The Morgan fingerprint density at radius 2 is 1.78 bits per heavy atom. The molecule has 1 aliphatic rings. The summed E-state index contributed by atoms with van der Waals surface area (Å²) in [4.78, 5) is 74.9. The lowest BCUT2D eigenvalue weighted by Gasteiger charge is -2.32. The van der Waals surface area contributed by atoms with Gasteiger partial charge < -0.3 is 31.7 Å². The fourth-order valence-corrected chi connectivity index (χ4v) is 4.37. The van der Waals surface area contributed by atoms with Crippen molar-refractivity contribution in [3.63, 3.8) is 0 Å². The molecule has 0 unspecified atom stereocenters. The molecule has 0 saturated carbocycles. The number of likely N-dealkylation sites (tertiary alicyclic amines) is 1. The fraction of sp³-hybridized carbons (Fsp3) is 0.750. The van der Waals surface area contributed by atoms with Crippen LogP contribution in [0.3, 0.4) is 0 Å². The molecular formula is C24H40N5O7S. The largest absolute Gasteiger partial charge is 0.481 e. The van der Waals surface area contributed by atoms with Gasteiger partial charge in [-0.2, -0.15) is 11.8 Å². The molecule has 37 heavy (non-hydrogen) atoms. The van der Waals surface area contributed by atoms with Gasteiger partial charge in [-0.15, -0.1) is 0 Å². The Hall–Kier alpha value is -2.67. The molecule has 0 aromatic heterocycles. The zero-order valence-electron chi connectivity index (χ0n) is 22.0. The number of thioether (sulfide) groups is 1. The normalized spacial score (nSPS) is 19.2. The second kappa shape index (κ2) is 16.2. The molecule has 1 fully saturated rings. The smallest absolute Gasteiger partial charge is 0.303 e. The summed E-state index contributed by atoms with van der Waals surface area (Å²) in [6.07, 6.45) is 5.41. The van der Waals surface area contributed by atoms with E-state index in [1.807, 2.05) is 19.5 Å². The van der Waals surface area contributed by atoms with Gasteiger partial charge >= 0.3 is 5.97 Å². The van der Waals surface area contributed by atoms with E-state index in [0.717, 1.165) is 0 Å². The predicted molar refractivity (Wildman–Crippen MR) is 139 cm³/mol. The van der Waals surface area contributed by atoms with Crippen LogP contribution >= 0.6 is 11.8 Å². The molecular weight excluding hydrogens is 502 g/mol. The Balaban J connectivity index is 2.88. The maximum absolute atomic E-state index is 13.5. The minimum Gasteiger partial charge on any atom is -0.481 e. The van der Waals surface area contributed by atoms with Gasteiger partial charge in [-0.05, 0) is 50.5 Å². The number of hydrogen-bond acceptors (Lipinski definition) is 8. The number of nitrogens with one attached hydrogen (secondary N) is 3. The molecule has 1 radical (unpaired) electrons. The van der Waals surface area contributed by atoms with E-state index < -0.39 is 59.8 Å². The maximum atomic E-state index is 13.5. The monoisotopic (exact) mass is 542 g/mol. The first-order valence-corrected chi connectivity index (χ1v) is 13.9. The van der Waals surface area contributed by atoms with Gasteiger partial charge in [0.15, 0.2) is 0 Å². The molecule has 13 heteroatoms. The predicted octanol–water partition coefficient (Wildman–Crippen LogP) is -0.447. The first-order valence-electron chi connectivity index (χ1n) is 12.5. The molecule has 6 N–H and O–H groups in total. The van der Waals surface area contributed by atoms with Crippen molar-refractivity contribution in [2.75, 3.05) is 18.6 Å². The van der Waals surface area contributed by atoms with E-state index in [4.69, 9.17) is 10.8 Å². The van der Waals surface area contributed by atoms with Crippen LogP contribution in [-0.2, 0) is 28.8 Å². The number of hydrogen-bond donors (Lipinski definition) is 5. The number of nitrogens with two attached hydrogens (primary N) is 1. The third-order valence-corrected chi connectivity index (χ3v) is 7.09. The quantitative estimate of drug-likeness (QED) is 0.172. The molecule has 4 amide bonds. The lowest BCUT2D eigenvalue weighted by atomic mass is 9.97. The molecule has 0 aromatic rings. The SMILES string of the molecule is CC[C@H](C)[C@H](NC(=O)[C@H](C)NC(=O)[C@@H](N)CCC(=O)O)C(=O)N1CCC[C@H]1C(=O)N[C@H]([C]=O)CCSC. The molecule has 0 aliphatic carbocycles. The number of aliphatic carboxylic acids is 1. The minimum atomic E-state index is -1.09. The summed E-state index contributed by atoms with van der Waals surface area (Å²) in [6.45, 7) is 5.45. The number of carbonyl (C=O) groups excluding carboxylic acids is 5. The van der Waals surface area contributed by atoms with Crippen LogP contribution in [0.25, 0.3) is 0 Å². The van der Waals surface area contributed by atoms with Crippen molar-refractivity contribution in [1.82, 2.24) is 20.9 Å². The van der Waals surface area contributed by atoms with E-state index in [-0.39, 0.29) is 18.8 Å². The second-order valence-electron chi connectivity index (χ2n) is 9.29. The van der Waals surface area contributed by atoms with Crippen molar-refractivity contribution in [3.8, 4) is 0 Å². The average Bonchev–Trinajstić information content (AvgIpc) is 3.37. The summed E-state index contributed by atoms with van der Waals surface area (Å²) >= 11 is 1.54. The van der Waals surface area contributed by atoms with E-state index >= 15 is 0 Å². The number of amides is 4. The van der Waals surface area contributed by atoms with Gasteiger partial charge in [0.05, 0.1) is 12.1 Å². The first-order chi connectivity index (χ1) is 17.5. The standard InChI is InChI=1S/C24H40N5O7S/c1-5-14(2)20(28-21(33)15(3)26-22(34)17(25)8-9-19(31)32)24(36)29-11-6-7-18(29)23(35)27-16(13-30)10-12-37-4/h14-18,20H,5-12,25H2,1-4H3,(H,26,34)(H,27,35)(H,28,33)(H,31,32)/t14-,15-,16-,17-,18-,20-/m0/s1. The highest BCUT2D eigenvalue weighted by atomic mass is 32.2. The highest BCUT2D eigenvalue weighted by molar-refractivity contribution is 7.98. The van der Waals surface area contributed by atoms with E-state index in [9.17, 15) is 28.8 Å². The van der Waals surface area contributed by atoms with Gasteiger partial charge in [-0.25, -0.2) is 0 Å². The van der Waals surface area contributed by atoms with Crippen LogP contribution in [0.4, 0.5) is 0 Å². The number of nitrogens with zero attached hydrogens (tertiary/aromatic N) is 1. The van der Waals surface area contributed by atoms with Crippen LogP contribution < -0.4 is 21.7 Å². The summed E-state index contributed by atoms with van der Waals surface area (Å²) in [5.41, 5.74) is 5.70. The number of carboxylic acids is 1. The van der Waals surface area contributed by atoms with Gasteiger partial charge in [-0.3, -0.25) is 28.8 Å². The van der Waals surface area contributed by atoms with Gasteiger partial charge in [0, 0.05) is 13.0 Å². The highest BCUT2D eigenvalue weighted by Crippen LogP contribution is 2.22. The Morgan fingerprint density at radius 3 is 2.35 bits per heavy atom. The molecule has 1 heterocycles. The summed E-state index contributed by atoms with van der Waals surface area (Å²) in [5.74, 6) is -2.79. The van der Waals surface area contributed by atoms with E-state index in [1.54, 1.807) is 18.7 Å². The Morgan fingerprint density at radius 1 is 1.11 bits per heavy atom.